The minimum atomic E-state index is -0.954. The first-order valence-corrected chi connectivity index (χ1v) is 11.7. The van der Waals surface area contributed by atoms with Gasteiger partial charge in [-0.15, -0.1) is 0 Å². The van der Waals surface area contributed by atoms with Crippen LogP contribution < -0.4 is 5.32 Å². The molecule has 2 amide bonds. The first-order valence-electron chi connectivity index (χ1n) is 11.7. The highest BCUT2D eigenvalue weighted by atomic mass is 16.5. The molecule has 2 aliphatic rings. The second-order valence-corrected chi connectivity index (χ2v) is 8.94. The summed E-state index contributed by atoms with van der Waals surface area (Å²) in [7, 11) is 3.21. The van der Waals surface area contributed by atoms with E-state index in [1.165, 1.54) is 12.0 Å². The molecule has 0 aromatic heterocycles. The van der Waals surface area contributed by atoms with Crippen molar-refractivity contribution in [2.24, 2.45) is 0 Å². The Labute approximate surface area is 204 Å². The van der Waals surface area contributed by atoms with E-state index in [0.29, 0.717) is 13.1 Å². The molecule has 1 aliphatic heterocycles. The summed E-state index contributed by atoms with van der Waals surface area (Å²) < 4.78 is 10.9. The molecule has 1 fully saturated rings. The number of nitrogens with zero attached hydrogens (tertiary/aromatic N) is 2. The molecule has 9 heteroatoms. The minimum Gasteiger partial charge on any atom is -0.480 e. The van der Waals surface area contributed by atoms with Gasteiger partial charge in [0.25, 0.3) is 0 Å². The summed E-state index contributed by atoms with van der Waals surface area (Å²) in [5.74, 6) is -1.19. The quantitative estimate of drug-likeness (QED) is 0.595. The highest BCUT2D eigenvalue weighted by molar-refractivity contribution is 5.80. The molecule has 2 N–H and O–H groups in total. The van der Waals surface area contributed by atoms with Gasteiger partial charge >= 0.3 is 12.1 Å². The Morgan fingerprint density at radius 2 is 1.69 bits per heavy atom. The largest absolute Gasteiger partial charge is 0.480 e. The molecule has 2 aromatic rings. The van der Waals surface area contributed by atoms with Crippen molar-refractivity contribution in [1.29, 1.82) is 0 Å². The van der Waals surface area contributed by atoms with Gasteiger partial charge in [0.2, 0.25) is 5.91 Å². The number of carboxylic acids is 1. The van der Waals surface area contributed by atoms with Crippen LogP contribution in [0, 0.1) is 0 Å². The number of carboxylic acid groups (broad SMARTS) is 1. The smallest absolute Gasteiger partial charge is 0.407 e. The maximum Gasteiger partial charge on any atom is 0.407 e. The third-order valence-electron chi connectivity index (χ3n) is 6.84. The van der Waals surface area contributed by atoms with Crippen LogP contribution in [0.4, 0.5) is 4.79 Å². The van der Waals surface area contributed by atoms with Crippen molar-refractivity contribution in [2.45, 2.75) is 24.5 Å². The number of fused-ring (bicyclic) bond motifs is 3. The van der Waals surface area contributed by atoms with Gasteiger partial charge < -0.3 is 24.8 Å². The summed E-state index contributed by atoms with van der Waals surface area (Å²) in [6.45, 7) is 1.37. The van der Waals surface area contributed by atoms with Crippen molar-refractivity contribution in [3.63, 3.8) is 0 Å². The lowest BCUT2D eigenvalue weighted by Gasteiger charge is -2.37. The summed E-state index contributed by atoms with van der Waals surface area (Å²) >= 11 is 0. The maximum absolute atomic E-state index is 12.7. The van der Waals surface area contributed by atoms with Crippen LogP contribution >= 0.6 is 0 Å². The number of carbonyl (C=O) groups is 3. The van der Waals surface area contributed by atoms with Gasteiger partial charge in [0.05, 0.1) is 12.5 Å². The Hall–Kier alpha value is -3.43. The number of carbonyl (C=O) groups excluding carboxylic acids is 2. The molecule has 186 valence electrons. The fraction of sp³-hybridized carbons (Fsp3) is 0.423. The molecular formula is C26H31N3O6. The summed E-state index contributed by atoms with van der Waals surface area (Å²) in [5, 5.41) is 12.0. The number of aliphatic carboxylic acids is 1. The number of methoxy groups -OCH3 is 1. The SMILES string of the molecule is COC(CNC(=O)OCC1c2ccccc2-c2ccccc21)CC(=O)N1CCN(C)C(C(=O)O)C1. The number of rotatable bonds is 8. The van der Waals surface area contributed by atoms with Crippen molar-refractivity contribution in [3.05, 3.63) is 59.7 Å². The van der Waals surface area contributed by atoms with Crippen LogP contribution in [0.3, 0.4) is 0 Å². The standard InChI is InChI=1S/C26H31N3O6/c1-28-11-12-29(15-23(28)25(31)32)24(30)13-17(34-2)14-27-26(33)35-16-22-20-9-5-3-7-18(20)19-8-4-6-10-21(19)22/h3-10,17,22-23H,11-16H2,1-2H3,(H,27,33)(H,31,32). The van der Waals surface area contributed by atoms with Crippen molar-refractivity contribution in [3.8, 4) is 11.1 Å². The average molecular weight is 482 g/mol. The lowest BCUT2D eigenvalue weighted by molar-refractivity contribution is -0.148. The predicted octanol–water partition coefficient (Wildman–Crippen LogP) is 2.16. The fourth-order valence-electron chi connectivity index (χ4n) is 4.78. The molecule has 1 saturated heterocycles. The number of likely N-dealkylation sites (N-methyl/N-ethyl adjacent to an activating group) is 1. The number of hydrogen-bond acceptors (Lipinski definition) is 6. The van der Waals surface area contributed by atoms with Crippen LogP contribution in [0.15, 0.2) is 48.5 Å². The Morgan fingerprint density at radius 1 is 1.06 bits per heavy atom. The van der Waals surface area contributed by atoms with Crippen molar-refractivity contribution >= 4 is 18.0 Å². The fourth-order valence-corrected chi connectivity index (χ4v) is 4.78. The normalized spacial score (nSPS) is 18.5. The second kappa shape index (κ2) is 10.9. The molecule has 4 rings (SSSR count). The molecule has 1 heterocycles. The third kappa shape index (κ3) is 5.47. The summed E-state index contributed by atoms with van der Waals surface area (Å²) in [5.41, 5.74) is 4.58. The number of amides is 2. The van der Waals surface area contributed by atoms with E-state index >= 15 is 0 Å². The van der Waals surface area contributed by atoms with Crippen molar-refractivity contribution in [2.75, 3.05) is 46.9 Å². The van der Waals surface area contributed by atoms with Crippen molar-refractivity contribution in [1.82, 2.24) is 15.1 Å². The van der Waals surface area contributed by atoms with Gasteiger partial charge in [0, 0.05) is 39.2 Å². The zero-order valence-electron chi connectivity index (χ0n) is 20.0. The predicted molar refractivity (Wildman–Crippen MR) is 129 cm³/mol. The molecule has 2 atom stereocenters. The Morgan fingerprint density at radius 3 is 2.29 bits per heavy atom. The molecule has 2 unspecified atom stereocenters. The molecule has 0 saturated carbocycles. The van der Waals surface area contributed by atoms with E-state index in [0.717, 1.165) is 22.3 Å². The lowest BCUT2D eigenvalue weighted by atomic mass is 9.98. The van der Waals surface area contributed by atoms with Crippen LogP contribution in [-0.2, 0) is 19.1 Å². The number of nitrogens with one attached hydrogen (secondary N) is 1. The molecular weight excluding hydrogens is 450 g/mol. The first kappa shape index (κ1) is 24.7. The maximum atomic E-state index is 12.7. The topological polar surface area (TPSA) is 108 Å². The molecule has 35 heavy (non-hydrogen) atoms. The number of hydrogen-bond donors (Lipinski definition) is 2. The minimum absolute atomic E-state index is 0.0348. The third-order valence-corrected chi connectivity index (χ3v) is 6.84. The molecule has 2 aromatic carbocycles. The van der Waals surface area contributed by atoms with E-state index < -0.39 is 24.2 Å². The van der Waals surface area contributed by atoms with Crippen LogP contribution in [0.1, 0.15) is 23.5 Å². The van der Waals surface area contributed by atoms with Crippen molar-refractivity contribution < 1.29 is 29.0 Å². The highest BCUT2D eigenvalue weighted by Crippen LogP contribution is 2.44. The highest BCUT2D eigenvalue weighted by Gasteiger charge is 2.33. The van der Waals surface area contributed by atoms with Gasteiger partial charge in [-0.2, -0.15) is 0 Å². The average Bonchev–Trinajstić information content (AvgIpc) is 3.19. The number of piperazine rings is 1. The van der Waals surface area contributed by atoms with Gasteiger partial charge in [-0.05, 0) is 29.3 Å². The number of alkyl carbamates (subject to hydrolysis) is 1. The molecule has 9 nitrogen and oxygen atoms in total. The summed E-state index contributed by atoms with van der Waals surface area (Å²) in [6.07, 6.45) is -1.09. The summed E-state index contributed by atoms with van der Waals surface area (Å²) in [6, 6.07) is 15.5. The number of benzene rings is 2. The van der Waals surface area contributed by atoms with E-state index in [9.17, 15) is 19.5 Å². The number of ether oxygens (including phenoxy) is 2. The second-order valence-electron chi connectivity index (χ2n) is 8.94. The van der Waals surface area contributed by atoms with E-state index in [2.05, 4.69) is 29.6 Å². The summed E-state index contributed by atoms with van der Waals surface area (Å²) in [4.78, 5) is 39.8. The molecule has 0 radical (unpaired) electrons. The van der Waals surface area contributed by atoms with Gasteiger partial charge in [-0.25, -0.2) is 4.79 Å². The van der Waals surface area contributed by atoms with Gasteiger partial charge in [0.15, 0.2) is 0 Å². The van der Waals surface area contributed by atoms with Crippen LogP contribution in [0.25, 0.3) is 11.1 Å². The van der Waals surface area contributed by atoms with Gasteiger partial charge in [0.1, 0.15) is 12.6 Å². The van der Waals surface area contributed by atoms with E-state index in [-0.39, 0.29) is 37.9 Å². The van der Waals surface area contributed by atoms with Gasteiger partial charge in [-0.1, -0.05) is 48.5 Å². The molecule has 0 bridgehead atoms. The molecule has 0 spiro atoms. The Balaban J connectivity index is 1.27. The zero-order valence-corrected chi connectivity index (χ0v) is 20.0. The van der Waals surface area contributed by atoms with E-state index in [1.807, 2.05) is 24.3 Å². The van der Waals surface area contributed by atoms with Crippen LogP contribution in [-0.4, -0.2) is 92.0 Å². The zero-order chi connectivity index (χ0) is 24.9. The molecule has 1 aliphatic carbocycles. The van der Waals surface area contributed by atoms with Crippen LogP contribution in [0.5, 0.6) is 0 Å². The van der Waals surface area contributed by atoms with E-state index in [1.54, 1.807) is 11.9 Å². The Bertz CT molecular complexity index is 1040. The van der Waals surface area contributed by atoms with E-state index in [4.69, 9.17) is 9.47 Å². The Kier molecular flexibility index (Phi) is 7.67. The lowest BCUT2D eigenvalue weighted by Crippen LogP contribution is -2.56. The van der Waals surface area contributed by atoms with Gasteiger partial charge in [-0.3, -0.25) is 14.5 Å². The first-order chi connectivity index (χ1) is 16.9. The van der Waals surface area contributed by atoms with Crippen LogP contribution in [0.2, 0.25) is 0 Å². The monoisotopic (exact) mass is 481 g/mol.